The van der Waals surface area contributed by atoms with Crippen LogP contribution in [0.15, 0.2) is 53.7 Å². The maximum atomic E-state index is 13.0. The molecule has 7 heteroatoms. The van der Waals surface area contributed by atoms with E-state index in [1.807, 2.05) is 30.1 Å². The molecule has 0 aromatic heterocycles. The molecule has 0 bridgehead atoms. The molecule has 1 aliphatic carbocycles. The Morgan fingerprint density at radius 1 is 1.38 bits per heavy atom. The third kappa shape index (κ3) is 5.41. The number of hydrogen-bond donors (Lipinski definition) is 0. The number of ether oxygens (including phenoxy) is 2. The Hall–Kier alpha value is -2.28. The number of carbonyl (C=O) groups is 2. The summed E-state index contributed by atoms with van der Waals surface area (Å²) in [4.78, 5) is 30.7. The van der Waals surface area contributed by atoms with Crippen LogP contribution in [-0.4, -0.2) is 43.4 Å². The SMILES string of the molecule is C=C/C(=C/N=CC)C(=O)OCOCN(C)C1(c2ccccc2Cl)CCCCC1=O. The van der Waals surface area contributed by atoms with Gasteiger partial charge in [-0.15, -0.1) is 0 Å². The molecule has 1 aromatic rings. The van der Waals surface area contributed by atoms with Crippen molar-refractivity contribution in [2.75, 3.05) is 20.6 Å². The minimum atomic E-state index is -0.845. The van der Waals surface area contributed by atoms with Gasteiger partial charge in [-0.25, -0.2) is 4.79 Å². The second-order valence-electron chi connectivity index (χ2n) is 6.75. The highest BCUT2D eigenvalue weighted by Gasteiger charge is 2.46. The molecule has 0 heterocycles. The largest absolute Gasteiger partial charge is 0.435 e. The van der Waals surface area contributed by atoms with Crippen molar-refractivity contribution in [3.8, 4) is 0 Å². The molecule has 156 valence electrons. The van der Waals surface area contributed by atoms with E-state index < -0.39 is 11.5 Å². The summed E-state index contributed by atoms with van der Waals surface area (Å²) in [5.41, 5.74) is 0.168. The zero-order valence-electron chi connectivity index (χ0n) is 16.9. The topological polar surface area (TPSA) is 68.2 Å². The molecule has 1 atom stereocenters. The van der Waals surface area contributed by atoms with E-state index in [2.05, 4.69) is 11.6 Å². The normalized spacial score (nSPS) is 20.3. The van der Waals surface area contributed by atoms with Crippen LogP contribution in [0.4, 0.5) is 0 Å². The number of halogens is 1. The Labute approximate surface area is 176 Å². The molecule has 0 saturated heterocycles. The highest BCUT2D eigenvalue weighted by molar-refractivity contribution is 6.31. The van der Waals surface area contributed by atoms with Crippen molar-refractivity contribution in [3.05, 3.63) is 59.3 Å². The van der Waals surface area contributed by atoms with E-state index in [4.69, 9.17) is 21.1 Å². The summed E-state index contributed by atoms with van der Waals surface area (Å²) in [6.07, 6.45) is 7.24. The molecule has 1 aromatic carbocycles. The first-order valence-corrected chi connectivity index (χ1v) is 9.90. The number of ketones is 1. The highest BCUT2D eigenvalue weighted by Crippen LogP contribution is 2.42. The fourth-order valence-electron chi connectivity index (χ4n) is 3.51. The fraction of sp³-hybridized carbons (Fsp3) is 0.409. The highest BCUT2D eigenvalue weighted by atomic mass is 35.5. The van der Waals surface area contributed by atoms with E-state index in [1.165, 1.54) is 12.3 Å². The van der Waals surface area contributed by atoms with Crippen molar-refractivity contribution in [1.82, 2.24) is 4.90 Å². The molecule has 1 saturated carbocycles. The third-order valence-corrected chi connectivity index (χ3v) is 5.33. The smallest absolute Gasteiger partial charge is 0.341 e. The van der Waals surface area contributed by atoms with Crippen LogP contribution in [-0.2, 0) is 24.6 Å². The Kier molecular flexibility index (Phi) is 8.76. The molecule has 1 aliphatic rings. The molecular formula is C22H27ClN2O4. The van der Waals surface area contributed by atoms with Gasteiger partial charge in [0.15, 0.2) is 12.6 Å². The molecule has 0 radical (unpaired) electrons. The summed E-state index contributed by atoms with van der Waals surface area (Å²) in [6.45, 7) is 5.16. The second-order valence-corrected chi connectivity index (χ2v) is 7.15. The van der Waals surface area contributed by atoms with Gasteiger partial charge in [0.25, 0.3) is 0 Å². The monoisotopic (exact) mass is 418 g/mol. The molecule has 6 nitrogen and oxygen atoms in total. The average molecular weight is 419 g/mol. The molecule has 1 unspecified atom stereocenters. The third-order valence-electron chi connectivity index (χ3n) is 5.00. The second kappa shape index (κ2) is 11.0. The van der Waals surface area contributed by atoms with Gasteiger partial charge in [-0.2, -0.15) is 0 Å². The number of likely N-dealkylation sites (N-methyl/N-ethyl adjacent to an activating group) is 1. The number of hydrogen-bond acceptors (Lipinski definition) is 6. The number of esters is 1. The quantitative estimate of drug-likeness (QED) is 0.150. The van der Waals surface area contributed by atoms with Crippen LogP contribution in [0, 0.1) is 0 Å². The van der Waals surface area contributed by atoms with E-state index in [0.29, 0.717) is 17.9 Å². The number of nitrogens with zero attached hydrogens (tertiary/aromatic N) is 2. The standard InChI is InChI=1S/C22H27ClN2O4/c1-4-17(14-24-5-2)21(27)29-16-28-15-25(3)22(13-9-8-12-20(22)26)18-10-6-7-11-19(18)23/h4-7,10-11,14H,1,8-9,12-13,15-16H2,2-3H3/b17-14-,24-5?. The van der Waals surface area contributed by atoms with E-state index in [1.54, 1.807) is 19.2 Å². The molecule has 0 aliphatic heterocycles. The van der Waals surface area contributed by atoms with Gasteiger partial charge in [-0.3, -0.25) is 14.7 Å². The zero-order valence-corrected chi connectivity index (χ0v) is 17.7. The summed E-state index contributed by atoms with van der Waals surface area (Å²) in [5.74, 6) is -0.461. The van der Waals surface area contributed by atoms with Gasteiger partial charge in [-0.1, -0.05) is 48.9 Å². The van der Waals surface area contributed by atoms with E-state index in [0.717, 1.165) is 18.4 Å². The summed E-state index contributed by atoms with van der Waals surface area (Å²) < 4.78 is 10.6. The van der Waals surface area contributed by atoms with Crippen molar-refractivity contribution in [2.45, 2.75) is 38.1 Å². The number of benzene rings is 1. The Balaban J connectivity index is 2.05. The van der Waals surface area contributed by atoms with Crippen LogP contribution in [0.3, 0.4) is 0 Å². The predicted molar refractivity (Wildman–Crippen MR) is 114 cm³/mol. The maximum absolute atomic E-state index is 13.0. The lowest BCUT2D eigenvalue weighted by molar-refractivity contribution is -0.161. The number of carbonyl (C=O) groups excluding carboxylic acids is 2. The van der Waals surface area contributed by atoms with Crippen LogP contribution < -0.4 is 0 Å². The van der Waals surface area contributed by atoms with E-state index in [9.17, 15) is 9.59 Å². The van der Waals surface area contributed by atoms with E-state index in [-0.39, 0.29) is 24.9 Å². The van der Waals surface area contributed by atoms with Crippen molar-refractivity contribution in [1.29, 1.82) is 0 Å². The molecule has 0 spiro atoms. The van der Waals surface area contributed by atoms with Gasteiger partial charge in [-0.05, 0) is 38.4 Å². The van der Waals surface area contributed by atoms with Gasteiger partial charge >= 0.3 is 5.97 Å². The lowest BCUT2D eigenvalue weighted by atomic mass is 9.74. The minimum Gasteiger partial charge on any atom is -0.435 e. The molecule has 29 heavy (non-hydrogen) atoms. The fourth-order valence-corrected chi connectivity index (χ4v) is 3.80. The number of Topliss-reactive ketones (excluding diaryl/α,β-unsaturated/α-hetero) is 1. The lowest BCUT2D eigenvalue weighted by Gasteiger charge is -2.43. The Bertz CT molecular complexity index is 806. The molecular weight excluding hydrogens is 392 g/mol. The molecule has 0 amide bonds. The van der Waals surface area contributed by atoms with Crippen molar-refractivity contribution >= 4 is 29.6 Å². The maximum Gasteiger partial charge on any atom is 0.341 e. The predicted octanol–water partition coefficient (Wildman–Crippen LogP) is 4.25. The summed E-state index contributed by atoms with van der Waals surface area (Å²) in [7, 11) is 1.82. The Morgan fingerprint density at radius 2 is 2.14 bits per heavy atom. The number of rotatable bonds is 9. The van der Waals surface area contributed by atoms with Gasteiger partial charge in [0, 0.05) is 23.9 Å². The van der Waals surface area contributed by atoms with Crippen LogP contribution in [0.1, 0.15) is 38.2 Å². The van der Waals surface area contributed by atoms with Crippen molar-refractivity contribution in [3.63, 3.8) is 0 Å². The first kappa shape index (κ1) is 23.0. The molecule has 1 fully saturated rings. The van der Waals surface area contributed by atoms with Crippen LogP contribution in [0.2, 0.25) is 5.02 Å². The van der Waals surface area contributed by atoms with Gasteiger partial charge in [0.2, 0.25) is 0 Å². The summed E-state index contributed by atoms with van der Waals surface area (Å²) >= 11 is 6.44. The number of aliphatic imine (C=N–C) groups is 1. The summed E-state index contributed by atoms with van der Waals surface area (Å²) in [6, 6.07) is 7.40. The van der Waals surface area contributed by atoms with Gasteiger partial charge < -0.3 is 9.47 Å². The zero-order chi connectivity index (χ0) is 21.3. The van der Waals surface area contributed by atoms with Crippen LogP contribution in [0.25, 0.3) is 0 Å². The first-order chi connectivity index (χ1) is 14.0. The van der Waals surface area contributed by atoms with Crippen LogP contribution in [0.5, 0.6) is 0 Å². The lowest BCUT2D eigenvalue weighted by Crippen LogP contribution is -2.52. The van der Waals surface area contributed by atoms with Crippen molar-refractivity contribution in [2.24, 2.45) is 4.99 Å². The van der Waals surface area contributed by atoms with Gasteiger partial charge in [0.05, 0.1) is 5.57 Å². The van der Waals surface area contributed by atoms with Gasteiger partial charge in [0.1, 0.15) is 12.3 Å². The molecule has 0 N–H and O–H groups in total. The molecule has 2 rings (SSSR count). The first-order valence-electron chi connectivity index (χ1n) is 9.52. The Morgan fingerprint density at radius 3 is 2.79 bits per heavy atom. The average Bonchev–Trinajstić information content (AvgIpc) is 2.72. The van der Waals surface area contributed by atoms with Crippen LogP contribution >= 0.6 is 11.6 Å². The van der Waals surface area contributed by atoms with Crippen molar-refractivity contribution < 1.29 is 19.1 Å². The minimum absolute atomic E-state index is 0.102. The van der Waals surface area contributed by atoms with E-state index >= 15 is 0 Å². The summed E-state index contributed by atoms with van der Waals surface area (Å²) in [5, 5.41) is 0.554.